The molecule has 242 valence electrons. The zero-order chi connectivity index (χ0) is 34.4. The van der Waals surface area contributed by atoms with E-state index in [4.69, 9.17) is 19.9 Å². The van der Waals surface area contributed by atoms with Crippen molar-refractivity contribution in [3.05, 3.63) is 183 Å². The first-order valence-corrected chi connectivity index (χ1v) is 17.4. The number of hydrogen-bond donors (Lipinski definition) is 0. The molecule has 0 aliphatic rings. The maximum Gasteiger partial charge on any atom is 0.0780 e. The molecule has 0 radical (unpaired) electrons. The minimum Gasteiger partial charge on any atom is -0.256 e. The van der Waals surface area contributed by atoms with Crippen LogP contribution in [0, 0.1) is 0 Å². The van der Waals surface area contributed by atoms with E-state index in [1.54, 1.807) is 0 Å². The van der Waals surface area contributed by atoms with Crippen LogP contribution in [-0.2, 0) is 0 Å². The largest absolute Gasteiger partial charge is 0.256 e. The van der Waals surface area contributed by atoms with Gasteiger partial charge >= 0.3 is 0 Å². The van der Waals surface area contributed by atoms with Gasteiger partial charge in [-0.05, 0) is 93.3 Å². The summed E-state index contributed by atoms with van der Waals surface area (Å²) in [7, 11) is 0. The van der Waals surface area contributed by atoms with Crippen molar-refractivity contribution in [1.82, 2.24) is 19.9 Å². The molecule has 0 amide bonds. The van der Waals surface area contributed by atoms with Gasteiger partial charge in [0.05, 0.1) is 22.8 Å². The molecule has 0 aliphatic heterocycles. The Morgan fingerprint density at radius 1 is 0.231 bits per heavy atom. The third-order valence-corrected chi connectivity index (χ3v) is 9.99. The summed E-state index contributed by atoms with van der Waals surface area (Å²) in [6, 6.07) is 55.6. The molecule has 4 aromatic heterocycles. The lowest BCUT2D eigenvalue weighted by molar-refractivity contribution is 1.33. The lowest BCUT2D eigenvalue weighted by Gasteiger charge is -2.16. The van der Waals surface area contributed by atoms with Crippen molar-refractivity contribution < 1.29 is 0 Å². The fourth-order valence-corrected chi connectivity index (χ4v) is 7.53. The molecule has 0 N–H and O–H groups in total. The van der Waals surface area contributed by atoms with Gasteiger partial charge in [0, 0.05) is 68.6 Å². The minimum atomic E-state index is 0.934. The van der Waals surface area contributed by atoms with Gasteiger partial charge in [-0.1, -0.05) is 97.1 Å². The number of aromatic nitrogens is 4. The molecule has 0 saturated heterocycles. The maximum absolute atomic E-state index is 4.97. The molecule has 0 fully saturated rings. The number of hydrogen-bond acceptors (Lipinski definition) is 4. The predicted octanol–water partition coefficient (Wildman–Crippen LogP) is 12.2. The fourth-order valence-electron chi connectivity index (χ4n) is 7.53. The fraction of sp³-hybridized carbons (Fsp3) is 0. The van der Waals surface area contributed by atoms with E-state index in [0.29, 0.717) is 0 Å². The molecule has 0 bridgehead atoms. The van der Waals surface area contributed by atoms with Crippen molar-refractivity contribution in [3.63, 3.8) is 0 Å². The van der Waals surface area contributed by atoms with Crippen molar-refractivity contribution in [1.29, 1.82) is 0 Å². The SMILES string of the molecule is c1ccc2c(-c3cc(-c4cc(-c5nccc6ccccc56)cc(-c5nccc6ccccc56)c4)cc(-c4nccc5ccccc45)c3)nccc2c1. The molecule has 52 heavy (non-hydrogen) atoms. The van der Waals surface area contributed by atoms with Crippen LogP contribution in [0.4, 0.5) is 0 Å². The summed E-state index contributed by atoms with van der Waals surface area (Å²) in [6.07, 6.45) is 7.60. The topological polar surface area (TPSA) is 51.6 Å². The zero-order valence-corrected chi connectivity index (χ0v) is 28.1. The van der Waals surface area contributed by atoms with E-state index >= 15 is 0 Å². The van der Waals surface area contributed by atoms with Crippen LogP contribution in [0.2, 0.25) is 0 Å². The lowest BCUT2D eigenvalue weighted by atomic mass is 9.90. The number of rotatable bonds is 5. The Hall–Kier alpha value is -7.04. The molecule has 0 unspecified atom stereocenters. The summed E-state index contributed by atoms with van der Waals surface area (Å²) in [5.74, 6) is 0. The van der Waals surface area contributed by atoms with Gasteiger partial charge in [-0.3, -0.25) is 19.9 Å². The van der Waals surface area contributed by atoms with Crippen molar-refractivity contribution in [3.8, 4) is 56.2 Å². The van der Waals surface area contributed by atoms with Crippen LogP contribution in [0.3, 0.4) is 0 Å². The Bertz CT molecular complexity index is 2560. The molecular formula is C48H30N4. The van der Waals surface area contributed by atoms with Crippen LogP contribution in [0.1, 0.15) is 0 Å². The molecule has 6 aromatic carbocycles. The predicted molar refractivity (Wildman–Crippen MR) is 215 cm³/mol. The van der Waals surface area contributed by atoms with Gasteiger partial charge in [-0.15, -0.1) is 0 Å². The Kier molecular flexibility index (Phi) is 7.10. The smallest absolute Gasteiger partial charge is 0.0780 e. The molecule has 4 heteroatoms. The Morgan fingerprint density at radius 3 is 0.731 bits per heavy atom. The summed E-state index contributed by atoms with van der Waals surface area (Å²) in [6.45, 7) is 0. The van der Waals surface area contributed by atoms with Crippen molar-refractivity contribution >= 4 is 43.1 Å². The molecule has 0 saturated carbocycles. The Morgan fingerprint density at radius 2 is 0.462 bits per heavy atom. The van der Waals surface area contributed by atoms with E-state index in [1.165, 1.54) is 0 Å². The molecular weight excluding hydrogens is 633 g/mol. The van der Waals surface area contributed by atoms with Crippen LogP contribution in [0.25, 0.3) is 99.2 Å². The van der Waals surface area contributed by atoms with Gasteiger partial charge in [0.25, 0.3) is 0 Å². The van der Waals surface area contributed by atoms with Gasteiger partial charge in [-0.25, -0.2) is 0 Å². The van der Waals surface area contributed by atoms with Gasteiger partial charge in [0.2, 0.25) is 0 Å². The van der Waals surface area contributed by atoms with Gasteiger partial charge in [0.1, 0.15) is 0 Å². The highest BCUT2D eigenvalue weighted by Gasteiger charge is 2.17. The first-order chi connectivity index (χ1) is 25.8. The summed E-state index contributed by atoms with van der Waals surface area (Å²) < 4.78 is 0. The first-order valence-electron chi connectivity index (χ1n) is 17.4. The highest BCUT2D eigenvalue weighted by molar-refractivity contribution is 6.02. The average Bonchev–Trinajstić information content (AvgIpc) is 3.22. The maximum atomic E-state index is 4.97. The third-order valence-electron chi connectivity index (χ3n) is 9.99. The monoisotopic (exact) mass is 662 g/mol. The highest BCUT2D eigenvalue weighted by Crippen LogP contribution is 2.40. The standard InChI is InChI=1S/C48H30N4/c1-5-13-41-31(9-1)17-21-49-45(41)37-25-35(26-38(29-37)46-42-14-6-2-10-32(42)18-22-50-46)36-27-39(47-43-15-7-3-11-33(43)19-23-51-47)30-40(28-36)48-44-16-8-4-12-34(44)20-24-52-48/h1-30H. The third kappa shape index (κ3) is 5.17. The van der Waals surface area contributed by atoms with Crippen LogP contribution in [-0.4, -0.2) is 19.9 Å². The van der Waals surface area contributed by atoms with Crippen LogP contribution >= 0.6 is 0 Å². The van der Waals surface area contributed by atoms with E-state index in [0.717, 1.165) is 99.2 Å². The molecule has 0 atom stereocenters. The van der Waals surface area contributed by atoms with Crippen molar-refractivity contribution in [2.24, 2.45) is 0 Å². The lowest BCUT2D eigenvalue weighted by Crippen LogP contribution is -1.94. The molecule has 4 heterocycles. The Balaban J connectivity index is 1.28. The van der Waals surface area contributed by atoms with Gasteiger partial charge in [-0.2, -0.15) is 0 Å². The molecule has 4 nitrogen and oxygen atoms in total. The van der Waals surface area contributed by atoms with Crippen LogP contribution in [0.5, 0.6) is 0 Å². The summed E-state index contributed by atoms with van der Waals surface area (Å²) in [4.78, 5) is 19.9. The van der Waals surface area contributed by atoms with Crippen molar-refractivity contribution in [2.45, 2.75) is 0 Å². The number of nitrogens with zero attached hydrogens (tertiary/aromatic N) is 4. The average molecular weight is 663 g/mol. The van der Waals surface area contributed by atoms with E-state index in [1.807, 2.05) is 24.8 Å². The second kappa shape index (κ2) is 12.4. The minimum absolute atomic E-state index is 0.934. The summed E-state index contributed by atoms with van der Waals surface area (Å²) >= 11 is 0. The molecule has 0 spiro atoms. The second-order valence-corrected chi connectivity index (χ2v) is 13.1. The van der Waals surface area contributed by atoms with Gasteiger partial charge < -0.3 is 0 Å². The molecule has 10 aromatic rings. The number of benzene rings is 6. The highest BCUT2D eigenvalue weighted by atomic mass is 14.7. The first kappa shape index (κ1) is 29.8. The summed E-state index contributed by atoms with van der Waals surface area (Å²) in [5.41, 5.74) is 9.95. The van der Waals surface area contributed by atoms with E-state index < -0.39 is 0 Å². The van der Waals surface area contributed by atoms with E-state index in [-0.39, 0.29) is 0 Å². The molecule has 10 rings (SSSR count). The number of pyridine rings is 4. The number of fused-ring (bicyclic) bond motifs is 4. The second-order valence-electron chi connectivity index (χ2n) is 13.1. The van der Waals surface area contributed by atoms with Crippen LogP contribution < -0.4 is 0 Å². The van der Waals surface area contributed by atoms with Crippen LogP contribution in [0.15, 0.2) is 183 Å². The van der Waals surface area contributed by atoms with E-state index in [9.17, 15) is 0 Å². The van der Waals surface area contributed by atoms with Gasteiger partial charge in [0.15, 0.2) is 0 Å². The van der Waals surface area contributed by atoms with E-state index in [2.05, 4.69) is 158 Å². The summed E-state index contributed by atoms with van der Waals surface area (Å²) in [5, 5.41) is 9.02. The Labute approximate surface area is 300 Å². The molecule has 0 aliphatic carbocycles. The zero-order valence-electron chi connectivity index (χ0n) is 28.1. The quantitative estimate of drug-likeness (QED) is 0.184. The van der Waals surface area contributed by atoms with Crippen molar-refractivity contribution in [2.75, 3.05) is 0 Å². The normalized spacial score (nSPS) is 11.5.